The Kier molecular flexibility index (Phi) is 20.4. The van der Waals surface area contributed by atoms with Crippen molar-refractivity contribution in [2.45, 2.75) is 279 Å². The third-order valence-electron chi connectivity index (χ3n) is 19.6. The number of ether oxygens (including phenoxy) is 7. The summed E-state index contributed by atoms with van der Waals surface area (Å²) in [6.45, 7) is 37.2. The highest BCUT2D eigenvalue weighted by molar-refractivity contribution is 9.11. The quantitative estimate of drug-likeness (QED) is 0.0357. The van der Waals surface area contributed by atoms with Crippen molar-refractivity contribution in [1.29, 1.82) is 0 Å². The molecule has 13 nitrogen and oxygen atoms in total. The van der Waals surface area contributed by atoms with E-state index in [0.717, 1.165) is 68.0 Å². The van der Waals surface area contributed by atoms with E-state index in [1.165, 1.54) is 0 Å². The first-order chi connectivity index (χ1) is 36.3. The van der Waals surface area contributed by atoms with Gasteiger partial charge in [0.15, 0.2) is 22.4 Å². The van der Waals surface area contributed by atoms with Gasteiger partial charge in [-0.25, -0.2) is 0 Å². The molecule has 0 amide bonds. The highest BCUT2D eigenvalue weighted by Crippen LogP contribution is 2.54. The molecule has 436 valence electrons. The number of benzene rings is 1. The third kappa shape index (κ3) is 14.4. The fraction of sp³-hybridized carbons (Fsp3) is 0.817. The summed E-state index contributed by atoms with van der Waals surface area (Å²) in [7, 11) is -7.65. The number of hydrogen-bond donors (Lipinski definition) is 0. The lowest BCUT2D eigenvalue weighted by Gasteiger charge is -2.47. The van der Waals surface area contributed by atoms with Gasteiger partial charge in [-0.2, -0.15) is 8.42 Å². The summed E-state index contributed by atoms with van der Waals surface area (Å²) >= 11 is 3.45. The Balaban J connectivity index is 0.924. The largest absolute Gasteiger partial charge is 0.417 e. The van der Waals surface area contributed by atoms with Crippen molar-refractivity contribution < 1.29 is 59.4 Å². The molecule has 8 heterocycles. The van der Waals surface area contributed by atoms with Gasteiger partial charge in [-0.15, -0.1) is 0 Å². The van der Waals surface area contributed by atoms with E-state index in [-0.39, 0.29) is 101 Å². The van der Waals surface area contributed by atoms with E-state index < -0.39 is 50.9 Å². The smallest absolute Gasteiger partial charge is 0.297 e. The van der Waals surface area contributed by atoms with Crippen molar-refractivity contribution in [1.82, 2.24) is 0 Å². The maximum Gasteiger partial charge on any atom is 0.297 e. The van der Waals surface area contributed by atoms with Gasteiger partial charge in [-0.05, 0) is 134 Å². The van der Waals surface area contributed by atoms with E-state index in [9.17, 15) is 13.2 Å². The van der Waals surface area contributed by atoms with Gasteiger partial charge in [0.2, 0.25) is 0 Å². The molecule has 0 aromatic heterocycles. The van der Waals surface area contributed by atoms with Gasteiger partial charge in [-0.1, -0.05) is 109 Å². The summed E-state index contributed by atoms with van der Waals surface area (Å²) < 4.78 is 95.3. The minimum atomic E-state index is -4.06. The Morgan fingerprint density at radius 3 is 2.22 bits per heavy atom. The number of Topliss-reactive ketones (excluding diaryl/α,β-unsaturated/α-hetero) is 1. The summed E-state index contributed by atoms with van der Waals surface area (Å²) in [5.41, 5.74) is 2.08. The molecule has 8 saturated heterocycles. The number of aryl methyl sites for hydroxylation is 1. The Bertz CT molecular complexity index is 2280. The first kappa shape index (κ1) is 61.9. The summed E-state index contributed by atoms with van der Waals surface area (Å²) in [4.78, 5) is 14.8. The van der Waals surface area contributed by atoms with Gasteiger partial charge in [0.25, 0.3) is 10.1 Å². The van der Waals surface area contributed by atoms with Crippen LogP contribution in [0.2, 0.25) is 36.3 Å². The average molecular weight is 1190 g/mol. The second kappa shape index (κ2) is 25.4. The lowest BCUT2D eigenvalue weighted by molar-refractivity contribution is -0.292. The monoisotopic (exact) mass is 1190 g/mol. The molecular formula is C60H97BrO13SSi2. The van der Waals surface area contributed by atoms with Gasteiger partial charge in [0, 0.05) is 51.7 Å². The number of hydrogen-bond acceptors (Lipinski definition) is 13. The first-order valence-corrected chi connectivity index (χ1v) is 37.4. The number of rotatable bonds is 27. The normalized spacial score (nSPS) is 36.0. The Morgan fingerprint density at radius 2 is 1.55 bits per heavy atom. The Hall–Kier alpha value is -1.17. The predicted molar refractivity (Wildman–Crippen MR) is 309 cm³/mol. The minimum absolute atomic E-state index is 0.00559. The summed E-state index contributed by atoms with van der Waals surface area (Å²) in [6, 6.07) is 10.1. The van der Waals surface area contributed by atoms with Crippen LogP contribution in [0.25, 0.3) is 0 Å². The van der Waals surface area contributed by atoms with Crippen molar-refractivity contribution in [3.63, 3.8) is 0 Å². The Morgan fingerprint density at radius 1 is 0.870 bits per heavy atom. The number of ketones is 1. The molecule has 1 aromatic carbocycles. The zero-order valence-electron chi connectivity index (χ0n) is 48.9. The SMILES string of the molecule is C=C(Br)C[C@@H](CC[C@@]12C[C@H]3O[C@H]4[C@@H](O1)[C@H]1O[C@@H](CC(=O)CC5[C@H](CC6O[C@@H](CCCO[Si](CC)(CC)CC)C[C@@H](C)C6=C)O[C@H](C[C@H](C)CO[Si](C)(C)C(C)(C)C)[C@@H]5C)CC[C@@H]1O[C@H]4[C@H]3O2)OS(=O)(=O)c1ccc(C)cc1. The molecule has 77 heavy (non-hydrogen) atoms. The van der Waals surface area contributed by atoms with Crippen LogP contribution < -0.4 is 0 Å². The number of carbonyl (C=O) groups is 1. The molecular weight excluding hydrogens is 1100 g/mol. The molecule has 0 spiro atoms. The van der Waals surface area contributed by atoms with Gasteiger partial charge in [0.1, 0.15) is 36.3 Å². The van der Waals surface area contributed by atoms with Crippen LogP contribution in [0.3, 0.4) is 0 Å². The second-order valence-electron chi connectivity index (χ2n) is 26.1. The van der Waals surface area contributed by atoms with E-state index in [0.29, 0.717) is 61.4 Å². The van der Waals surface area contributed by atoms with Crippen LogP contribution in [-0.4, -0.2) is 129 Å². The molecule has 0 radical (unpaired) electrons. The molecule has 2 unspecified atom stereocenters. The first-order valence-electron chi connectivity index (χ1n) is 29.7. The molecule has 0 saturated carbocycles. The second-order valence-corrected chi connectivity index (χ2v) is 38.4. The van der Waals surface area contributed by atoms with Gasteiger partial charge < -0.3 is 42.0 Å². The lowest BCUT2D eigenvalue weighted by Crippen LogP contribution is -2.61. The van der Waals surface area contributed by atoms with Gasteiger partial charge in [0.05, 0.1) is 53.7 Å². The fourth-order valence-electron chi connectivity index (χ4n) is 13.4. The van der Waals surface area contributed by atoms with E-state index in [2.05, 4.69) is 104 Å². The van der Waals surface area contributed by atoms with Gasteiger partial charge in [-0.3, -0.25) is 8.98 Å². The Labute approximate surface area is 474 Å². The third-order valence-corrected chi connectivity index (χ3v) is 30.4. The van der Waals surface area contributed by atoms with Crippen LogP contribution in [0.15, 0.2) is 52.4 Å². The van der Waals surface area contributed by atoms with Crippen molar-refractivity contribution >= 4 is 48.5 Å². The molecule has 1 aromatic rings. The van der Waals surface area contributed by atoms with Crippen molar-refractivity contribution in [3.05, 3.63) is 53.0 Å². The van der Waals surface area contributed by atoms with Crippen LogP contribution in [0.4, 0.5) is 0 Å². The molecule has 9 rings (SSSR count). The molecule has 8 aliphatic heterocycles. The molecule has 0 N–H and O–H groups in total. The zero-order chi connectivity index (χ0) is 55.8. The standard InChI is InChI=1S/C60H97BrO13SSi2/c1-15-77(16-2,17-3)65-28-18-19-44-30-39(6)41(8)51(67-44)34-52-48(42(9)50(69-52)29-38(5)36-66-76(13,14)59(10,11)12)33-43(62)32-45-22-25-49-54(68-45)58-57-56(70-49)55-53(71-57)35-60(72-55,73-58)27-26-46(31-40(7)61)74-75(63,64)47-23-20-37(4)21-24-47/h20-21,23-24,38-39,42,44-46,48-58H,7-8,15-19,22,25-36H2,1-6,9-14H3/t38-,39+,42+,44-,45+,46+,48?,49-,50+,51?,52-,53+,54-,55-,56-,57+,58-,60-/m0/s1. The van der Waals surface area contributed by atoms with Crippen LogP contribution in [-0.2, 0) is 61.1 Å². The maximum absolute atomic E-state index is 14.7. The molecule has 18 atom stereocenters. The maximum atomic E-state index is 14.7. The van der Waals surface area contributed by atoms with Crippen LogP contribution in [0.5, 0.6) is 0 Å². The summed E-state index contributed by atoms with van der Waals surface area (Å²) in [6.07, 6.45) is 4.32. The highest BCUT2D eigenvalue weighted by atomic mass is 79.9. The molecule has 6 bridgehead atoms. The molecule has 8 fully saturated rings. The number of halogens is 1. The fourth-order valence-corrected chi connectivity index (χ4v) is 18.7. The van der Waals surface area contributed by atoms with E-state index in [4.69, 9.17) is 46.2 Å². The summed E-state index contributed by atoms with van der Waals surface area (Å²) in [5, 5.41) is 0.125. The van der Waals surface area contributed by atoms with Crippen molar-refractivity contribution in [3.8, 4) is 0 Å². The summed E-state index contributed by atoms with van der Waals surface area (Å²) in [5.74, 6) is -0.109. The van der Waals surface area contributed by atoms with Crippen molar-refractivity contribution in [2.24, 2.45) is 23.7 Å². The van der Waals surface area contributed by atoms with E-state index >= 15 is 0 Å². The zero-order valence-corrected chi connectivity index (χ0v) is 53.3. The molecule has 17 heteroatoms. The minimum Gasteiger partial charge on any atom is -0.417 e. The topological polar surface area (TPSA) is 144 Å². The van der Waals surface area contributed by atoms with E-state index in [1.807, 2.05) is 6.92 Å². The average Bonchev–Trinajstić information content (AvgIpc) is 3.91. The van der Waals surface area contributed by atoms with E-state index in [1.54, 1.807) is 24.3 Å². The molecule has 8 aliphatic rings. The molecule has 0 aliphatic carbocycles. The predicted octanol–water partition coefficient (Wildman–Crippen LogP) is 13.1. The van der Waals surface area contributed by atoms with Crippen LogP contribution in [0, 0.1) is 30.6 Å². The van der Waals surface area contributed by atoms with Crippen LogP contribution >= 0.6 is 15.9 Å². The van der Waals surface area contributed by atoms with Crippen LogP contribution in [0.1, 0.15) is 151 Å². The van der Waals surface area contributed by atoms with Crippen molar-refractivity contribution in [2.75, 3.05) is 13.2 Å². The number of fused-ring (bicyclic) bond motifs is 1. The number of carbonyl (C=O) groups excluding carboxylic acids is 1. The van der Waals surface area contributed by atoms with Gasteiger partial charge >= 0.3 is 0 Å². The lowest BCUT2D eigenvalue weighted by atomic mass is 9.78. The highest BCUT2D eigenvalue weighted by Gasteiger charge is 2.69.